The first kappa shape index (κ1) is 23.5. The molecule has 1 aliphatic rings. The summed E-state index contributed by atoms with van der Waals surface area (Å²) in [6.45, 7) is 4.60. The summed E-state index contributed by atoms with van der Waals surface area (Å²) >= 11 is 0. The number of carbonyl (C=O) groups excluding carboxylic acids is 3. The third-order valence-electron chi connectivity index (χ3n) is 5.29. The van der Waals surface area contributed by atoms with E-state index in [1.807, 2.05) is 6.92 Å². The molecule has 0 saturated heterocycles. The number of fused-ring (bicyclic) bond motifs is 1. The van der Waals surface area contributed by atoms with E-state index >= 15 is 0 Å². The van der Waals surface area contributed by atoms with Gasteiger partial charge >= 0.3 is 5.97 Å². The number of hydrogen-bond acceptors (Lipinski definition) is 6. The van der Waals surface area contributed by atoms with Crippen LogP contribution in [0.3, 0.4) is 0 Å². The summed E-state index contributed by atoms with van der Waals surface area (Å²) in [7, 11) is 0. The average molecular weight is 443 g/mol. The van der Waals surface area contributed by atoms with Gasteiger partial charge in [0.25, 0.3) is 5.91 Å². The van der Waals surface area contributed by atoms with Gasteiger partial charge in [-0.2, -0.15) is 5.10 Å². The maximum absolute atomic E-state index is 12.8. The van der Waals surface area contributed by atoms with Crippen LogP contribution in [0.4, 0.5) is 0 Å². The van der Waals surface area contributed by atoms with Crippen molar-refractivity contribution in [3.05, 3.63) is 52.3 Å². The molecular formula is C23H30N4O5. The predicted molar refractivity (Wildman–Crippen MR) is 118 cm³/mol. The van der Waals surface area contributed by atoms with Crippen LogP contribution in [0.5, 0.6) is 0 Å². The number of nitrogens with one attached hydrogen (secondary N) is 1. The lowest BCUT2D eigenvalue weighted by Gasteiger charge is -2.08. The Morgan fingerprint density at radius 1 is 1.25 bits per heavy atom. The lowest BCUT2D eigenvalue weighted by atomic mass is 10.0. The second kappa shape index (κ2) is 11.4. The second-order valence-corrected chi connectivity index (χ2v) is 7.60. The number of nitrogens with zero attached hydrogens (tertiary/aromatic N) is 2. The van der Waals surface area contributed by atoms with Crippen LogP contribution in [0.1, 0.15) is 68.6 Å². The van der Waals surface area contributed by atoms with Crippen molar-refractivity contribution < 1.29 is 23.9 Å². The van der Waals surface area contributed by atoms with Crippen LogP contribution in [0, 0.1) is 0 Å². The summed E-state index contributed by atoms with van der Waals surface area (Å²) in [5, 5.41) is 7.61. The lowest BCUT2D eigenvalue weighted by Crippen LogP contribution is -2.28. The van der Waals surface area contributed by atoms with Crippen LogP contribution in [0.25, 0.3) is 0 Å². The Bertz CT molecular complexity index is 969. The fraction of sp³-hybridized carbons (Fsp3) is 0.478. The van der Waals surface area contributed by atoms with Crippen LogP contribution < -0.4 is 11.1 Å². The molecular weight excluding hydrogens is 412 g/mol. The summed E-state index contributed by atoms with van der Waals surface area (Å²) in [6, 6.07) is 6.14. The number of hydrogen-bond donors (Lipinski definition) is 2. The zero-order valence-corrected chi connectivity index (χ0v) is 18.4. The molecule has 2 heterocycles. The molecule has 0 radical (unpaired) electrons. The number of ether oxygens (including phenoxy) is 2. The van der Waals surface area contributed by atoms with Gasteiger partial charge in [-0.1, -0.05) is 6.07 Å². The molecule has 0 unspecified atom stereocenters. The van der Waals surface area contributed by atoms with E-state index in [1.54, 1.807) is 22.9 Å². The lowest BCUT2D eigenvalue weighted by molar-refractivity contribution is 0.0500. The van der Waals surface area contributed by atoms with Crippen LogP contribution in [0.15, 0.2) is 24.3 Å². The minimum atomic E-state index is -0.598. The minimum Gasteiger partial charge on any atom is -0.462 e. The number of rotatable bonds is 7. The van der Waals surface area contributed by atoms with Gasteiger partial charge in [-0.25, -0.2) is 4.79 Å². The van der Waals surface area contributed by atoms with Gasteiger partial charge in [0.15, 0.2) is 0 Å². The topological polar surface area (TPSA) is 126 Å². The van der Waals surface area contributed by atoms with E-state index < -0.39 is 11.9 Å². The zero-order valence-electron chi connectivity index (χ0n) is 18.4. The fourth-order valence-electron chi connectivity index (χ4n) is 3.70. The molecule has 3 rings (SSSR count). The molecule has 1 aromatic carbocycles. The maximum Gasteiger partial charge on any atom is 0.338 e. The highest BCUT2D eigenvalue weighted by Gasteiger charge is 2.23. The maximum atomic E-state index is 12.8. The van der Waals surface area contributed by atoms with Gasteiger partial charge in [0.1, 0.15) is 5.69 Å². The second-order valence-electron chi connectivity index (χ2n) is 7.60. The molecule has 1 aliphatic heterocycles. The molecule has 2 aromatic rings. The van der Waals surface area contributed by atoms with Crippen molar-refractivity contribution >= 4 is 17.8 Å². The van der Waals surface area contributed by atoms with Gasteiger partial charge in [0.2, 0.25) is 5.91 Å². The first-order valence-electron chi connectivity index (χ1n) is 11.0. The summed E-state index contributed by atoms with van der Waals surface area (Å²) in [5.41, 5.74) is 8.20. The molecule has 2 amide bonds. The monoisotopic (exact) mass is 442 g/mol. The van der Waals surface area contributed by atoms with Gasteiger partial charge in [-0.15, -0.1) is 0 Å². The number of nitrogens with two attached hydrogens (primary N) is 1. The quantitative estimate of drug-likeness (QED) is 0.498. The molecule has 0 spiro atoms. The molecule has 1 aromatic heterocycles. The molecule has 0 bridgehead atoms. The summed E-state index contributed by atoms with van der Waals surface area (Å²) < 4.78 is 12.7. The van der Waals surface area contributed by atoms with Crippen molar-refractivity contribution in [3.63, 3.8) is 0 Å². The van der Waals surface area contributed by atoms with Crippen LogP contribution in [0.2, 0.25) is 0 Å². The van der Waals surface area contributed by atoms with E-state index in [0.29, 0.717) is 51.3 Å². The predicted octanol–water partition coefficient (Wildman–Crippen LogP) is 1.87. The molecule has 32 heavy (non-hydrogen) atoms. The highest BCUT2D eigenvalue weighted by molar-refractivity contribution is 5.97. The molecule has 0 fully saturated rings. The summed E-state index contributed by atoms with van der Waals surface area (Å²) in [4.78, 5) is 36.3. The number of amides is 2. The molecule has 9 nitrogen and oxygen atoms in total. The Hall–Kier alpha value is -3.20. The number of benzene rings is 1. The van der Waals surface area contributed by atoms with E-state index in [-0.39, 0.29) is 23.6 Å². The third kappa shape index (κ3) is 5.94. The van der Waals surface area contributed by atoms with E-state index in [9.17, 15) is 14.4 Å². The number of esters is 1. The standard InChI is InChI=1S/C23H30N4O5/c1-2-27-20-18(9-4-12-31-13-6-11-25-22(20)29)19(26-27)10-5-14-32-23(30)17-8-3-7-16(15-17)21(24)28/h3,7-8,15H,2,4-6,9-14H2,1H3,(H2,24,28)(H,25,29). The van der Waals surface area contributed by atoms with Crippen molar-refractivity contribution in [3.8, 4) is 0 Å². The van der Waals surface area contributed by atoms with Crippen molar-refractivity contribution in [2.24, 2.45) is 5.73 Å². The van der Waals surface area contributed by atoms with Crippen molar-refractivity contribution in [1.82, 2.24) is 15.1 Å². The molecule has 9 heteroatoms. The van der Waals surface area contributed by atoms with Crippen LogP contribution in [-0.4, -0.2) is 53.9 Å². The molecule has 3 N–H and O–H groups in total. The van der Waals surface area contributed by atoms with E-state index in [1.165, 1.54) is 6.07 Å². The third-order valence-corrected chi connectivity index (χ3v) is 5.29. The fourth-order valence-corrected chi connectivity index (χ4v) is 3.70. The number of primary amides is 1. The minimum absolute atomic E-state index is 0.108. The highest BCUT2D eigenvalue weighted by atomic mass is 16.5. The van der Waals surface area contributed by atoms with Gasteiger partial charge in [0.05, 0.1) is 17.9 Å². The first-order chi connectivity index (χ1) is 15.5. The Morgan fingerprint density at radius 3 is 2.81 bits per heavy atom. The SMILES string of the molecule is CCn1nc(CCCOC(=O)c2cccc(C(N)=O)c2)c2c1C(=O)NCCCOCCC2. The summed E-state index contributed by atoms with van der Waals surface area (Å²) in [6.07, 6.45) is 3.44. The molecule has 0 atom stereocenters. The van der Waals surface area contributed by atoms with Crippen molar-refractivity contribution in [2.75, 3.05) is 26.4 Å². The highest BCUT2D eigenvalue weighted by Crippen LogP contribution is 2.20. The Labute approximate surface area is 187 Å². The largest absolute Gasteiger partial charge is 0.462 e. The Morgan fingerprint density at radius 2 is 2.03 bits per heavy atom. The first-order valence-corrected chi connectivity index (χ1v) is 11.0. The Kier molecular flexibility index (Phi) is 8.38. The number of aromatic nitrogens is 2. The molecule has 172 valence electrons. The van der Waals surface area contributed by atoms with E-state index in [2.05, 4.69) is 10.4 Å². The Balaban J connectivity index is 1.64. The van der Waals surface area contributed by atoms with Crippen LogP contribution >= 0.6 is 0 Å². The van der Waals surface area contributed by atoms with Gasteiger partial charge in [-0.3, -0.25) is 14.3 Å². The van der Waals surface area contributed by atoms with Gasteiger partial charge in [0, 0.05) is 37.4 Å². The zero-order chi connectivity index (χ0) is 22.9. The number of carbonyl (C=O) groups is 3. The number of aryl methyl sites for hydroxylation is 2. The van der Waals surface area contributed by atoms with E-state index in [0.717, 1.165) is 24.1 Å². The van der Waals surface area contributed by atoms with Crippen molar-refractivity contribution in [2.45, 2.75) is 45.6 Å². The molecule has 0 aliphatic carbocycles. The summed E-state index contributed by atoms with van der Waals surface area (Å²) in [5.74, 6) is -1.22. The van der Waals surface area contributed by atoms with Gasteiger partial charge < -0.3 is 20.5 Å². The van der Waals surface area contributed by atoms with Crippen LogP contribution in [-0.2, 0) is 28.9 Å². The average Bonchev–Trinajstić information content (AvgIpc) is 3.13. The smallest absolute Gasteiger partial charge is 0.338 e. The van der Waals surface area contributed by atoms with Gasteiger partial charge in [-0.05, 0) is 57.2 Å². The van der Waals surface area contributed by atoms with E-state index in [4.69, 9.17) is 15.2 Å². The molecule has 0 saturated carbocycles. The van der Waals surface area contributed by atoms with Crippen molar-refractivity contribution in [1.29, 1.82) is 0 Å². The normalized spacial score (nSPS) is 14.7.